The Balaban J connectivity index is 2.09. The van der Waals surface area contributed by atoms with Gasteiger partial charge in [0.2, 0.25) is 5.91 Å². The van der Waals surface area contributed by atoms with Gasteiger partial charge in [0, 0.05) is 30.3 Å². The molecule has 0 spiro atoms. The Bertz CT molecular complexity index is 583. The van der Waals surface area contributed by atoms with Crippen LogP contribution < -0.4 is 10.6 Å². The van der Waals surface area contributed by atoms with Gasteiger partial charge in [-0.3, -0.25) is 4.79 Å². The van der Waals surface area contributed by atoms with Crippen molar-refractivity contribution in [3.05, 3.63) is 30.0 Å². The second kappa shape index (κ2) is 6.13. The largest absolute Gasteiger partial charge is 0.368 e. The van der Waals surface area contributed by atoms with Crippen molar-refractivity contribution >= 4 is 22.5 Å². The van der Waals surface area contributed by atoms with Crippen molar-refractivity contribution in [2.24, 2.45) is 0 Å². The van der Waals surface area contributed by atoms with Crippen molar-refractivity contribution in [2.75, 3.05) is 18.4 Å². The number of hydrogen-bond acceptors (Lipinski definition) is 4. The predicted octanol–water partition coefficient (Wildman–Crippen LogP) is 1.88. The number of benzene rings is 1. The van der Waals surface area contributed by atoms with Gasteiger partial charge < -0.3 is 10.6 Å². The van der Waals surface area contributed by atoms with E-state index >= 15 is 0 Å². The highest BCUT2D eigenvalue weighted by Gasteiger charge is 2.06. The summed E-state index contributed by atoms with van der Waals surface area (Å²) in [5.74, 6) is 0.768. The van der Waals surface area contributed by atoms with E-state index in [0.29, 0.717) is 19.5 Å². The van der Waals surface area contributed by atoms with Gasteiger partial charge in [-0.15, -0.1) is 5.10 Å². The van der Waals surface area contributed by atoms with Crippen LogP contribution in [0.3, 0.4) is 0 Å². The molecule has 0 atom stereocenters. The molecule has 19 heavy (non-hydrogen) atoms. The summed E-state index contributed by atoms with van der Waals surface area (Å²) in [6.07, 6.45) is 0.428. The average Bonchev–Trinajstić information content (AvgIpc) is 2.42. The minimum absolute atomic E-state index is 0.0411. The maximum Gasteiger partial charge on any atom is 0.221 e. The Hall–Kier alpha value is -2.17. The maximum absolute atomic E-state index is 11.4. The molecule has 1 aromatic carbocycles. The number of aromatic nitrogens is 2. The molecular formula is C14H18N4O. The van der Waals surface area contributed by atoms with Crippen molar-refractivity contribution in [2.45, 2.75) is 20.3 Å². The summed E-state index contributed by atoms with van der Waals surface area (Å²) in [7, 11) is 0. The van der Waals surface area contributed by atoms with Crippen molar-refractivity contribution < 1.29 is 4.79 Å². The zero-order chi connectivity index (χ0) is 13.7. The standard InChI is InChI=1S/C14H18N4O/c1-3-15-13(19)8-9-16-14-12-7-5-4-6-11(12)10(2)17-18-14/h4-7H,3,8-9H2,1-2H3,(H,15,19)(H,16,18). The van der Waals surface area contributed by atoms with Crippen LogP contribution in [0.2, 0.25) is 0 Å². The van der Waals surface area contributed by atoms with Crippen LogP contribution in [-0.2, 0) is 4.79 Å². The third kappa shape index (κ3) is 3.19. The molecule has 5 heteroatoms. The highest BCUT2D eigenvalue weighted by Crippen LogP contribution is 2.21. The first kappa shape index (κ1) is 13.3. The maximum atomic E-state index is 11.4. The van der Waals surface area contributed by atoms with E-state index in [-0.39, 0.29) is 5.91 Å². The van der Waals surface area contributed by atoms with E-state index in [1.165, 1.54) is 0 Å². The fourth-order valence-electron chi connectivity index (χ4n) is 1.95. The molecular weight excluding hydrogens is 240 g/mol. The molecule has 0 saturated carbocycles. The first-order valence-corrected chi connectivity index (χ1v) is 6.45. The third-order valence-electron chi connectivity index (χ3n) is 2.89. The SMILES string of the molecule is CCNC(=O)CCNc1nnc(C)c2ccccc12. The molecule has 2 aromatic rings. The Kier molecular flexibility index (Phi) is 4.28. The monoisotopic (exact) mass is 258 g/mol. The lowest BCUT2D eigenvalue weighted by Crippen LogP contribution is -2.24. The van der Waals surface area contributed by atoms with E-state index in [2.05, 4.69) is 20.8 Å². The number of nitrogens with zero attached hydrogens (tertiary/aromatic N) is 2. The number of carbonyl (C=O) groups excluding carboxylic acids is 1. The smallest absolute Gasteiger partial charge is 0.221 e. The van der Waals surface area contributed by atoms with E-state index in [1.54, 1.807) is 0 Å². The molecule has 2 N–H and O–H groups in total. The number of amides is 1. The van der Waals surface area contributed by atoms with Gasteiger partial charge in [0.25, 0.3) is 0 Å². The van der Waals surface area contributed by atoms with Gasteiger partial charge in [0.1, 0.15) is 0 Å². The van der Waals surface area contributed by atoms with Gasteiger partial charge >= 0.3 is 0 Å². The van der Waals surface area contributed by atoms with Crippen LogP contribution in [0.15, 0.2) is 24.3 Å². The molecule has 1 aromatic heterocycles. The van der Waals surface area contributed by atoms with E-state index in [4.69, 9.17) is 0 Å². The lowest BCUT2D eigenvalue weighted by atomic mass is 10.1. The van der Waals surface area contributed by atoms with Crippen molar-refractivity contribution in [1.82, 2.24) is 15.5 Å². The first-order chi connectivity index (χ1) is 9.22. The van der Waals surface area contributed by atoms with Crippen molar-refractivity contribution in [3.63, 3.8) is 0 Å². The number of nitrogens with one attached hydrogen (secondary N) is 2. The van der Waals surface area contributed by atoms with Crippen LogP contribution >= 0.6 is 0 Å². The molecule has 0 fully saturated rings. The van der Waals surface area contributed by atoms with E-state index < -0.39 is 0 Å². The molecule has 1 heterocycles. The summed E-state index contributed by atoms with van der Waals surface area (Å²) in [5, 5.41) is 16.3. The van der Waals surface area contributed by atoms with Crippen LogP contribution in [0, 0.1) is 6.92 Å². The van der Waals surface area contributed by atoms with E-state index in [0.717, 1.165) is 22.3 Å². The van der Waals surface area contributed by atoms with Gasteiger partial charge in [-0.05, 0) is 13.8 Å². The topological polar surface area (TPSA) is 66.9 Å². The Morgan fingerprint density at radius 3 is 2.68 bits per heavy atom. The quantitative estimate of drug-likeness (QED) is 0.859. The molecule has 5 nitrogen and oxygen atoms in total. The van der Waals surface area contributed by atoms with Gasteiger partial charge in [0.15, 0.2) is 5.82 Å². The van der Waals surface area contributed by atoms with E-state index in [9.17, 15) is 4.79 Å². The highest BCUT2D eigenvalue weighted by molar-refractivity contribution is 5.92. The Labute approximate surface area is 112 Å². The van der Waals surface area contributed by atoms with Crippen molar-refractivity contribution in [3.8, 4) is 0 Å². The normalized spacial score (nSPS) is 10.4. The summed E-state index contributed by atoms with van der Waals surface area (Å²) in [6, 6.07) is 7.98. The zero-order valence-electron chi connectivity index (χ0n) is 11.2. The lowest BCUT2D eigenvalue weighted by molar-refractivity contribution is -0.120. The molecule has 0 aliphatic carbocycles. The van der Waals surface area contributed by atoms with Gasteiger partial charge in [-0.2, -0.15) is 5.10 Å². The average molecular weight is 258 g/mol. The van der Waals surface area contributed by atoms with Gasteiger partial charge in [0.05, 0.1) is 5.69 Å². The number of aryl methyl sites for hydroxylation is 1. The molecule has 0 saturated heterocycles. The van der Waals surface area contributed by atoms with Crippen LogP contribution in [0.25, 0.3) is 10.8 Å². The fourth-order valence-corrected chi connectivity index (χ4v) is 1.95. The molecule has 0 radical (unpaired) electrons. The van der Waals surface area contributed by atoms with Crippen LogP contribution in [-0.4, -0.2) is 29.2 Å². The number of carbonyl (C=O) groups is 1. The minimum atomic E-state index is 0.0411. The van der Waals surface area contributed by atoms with E-state index in [1.807, 2.05) is 38.1 Å². The fraction of sp³-hybridized carbons (Fsp3) is 0.357. The van der Waals surface area contributed by atoms with Crippen LogP contribution in [0.4, 0.5) is 5.82 Å². The summed E-state index contributed by atoms with van der Waals surface area (Å²) < 4.78 is 0. The number of anilines is 1. The summed E-state index contributed by atoms with van der Waals surface area (Å²) in [5.41, 5.74) is 0.907. The van der Waals surface area contributed by atoms with Crippen molar-refractivity contribution in [1.29, 1.82) is 0 Å². The predicted molar refractivity (Wildman–Crippen MR) is 76.1 cm³/mol. The molecule has 0 unspecified atom stereocenters. The second-order valence-electron chi connectivity index (χ2n) is 4.31. The number of rotatable bonds is 5. The first-order valence-electron chi connectivity index (χ1n) is 6.45. The Morgan fingerprint density at radius 1 is 1.21 bits per heavy atom. The molecule has 0 aliphatic rings. The zero-order valence-corrected chi connectivity index (χ0v) is 11.2. The molecule has 0 aliphatic heterocycles. The highest BCUT2D eigenvalue weighted by atomic mass is 16.1. The summed E-state index contributed by atoms with van der Waals surface area (Å²) in [4.78, 5) is 11.4. The second-order valence-corrected chi connectivity index (χ2v) is 4.31. The number of hydrogen-bond donors (Lipinski definition) is 2. The van der Waals surface area contributed by atoms with Crippen LogP contribution in [0.5, 0.6) is 0 Å². The molecule has 100 valence electrons. The molecule has 1 amide bonds. The third-order valence-corrected chi connectivity index (χ3v) is 2.89. The number of fused-ring (bicyclic) bond motifs is 1. The summed E-state index contributed by atoms with van der Waals surface area (Å²) in [6.45, 7) is 5.05. The van der Waals surface area contributed by atoms with Crippen LogP contribution in [0.1, 0.15) is 19.0 Å². The van der Waals surface area contributed by atoms with Gasteiger partial charge in [-0.25, -0.2) is 0 Å². The molecule has 2 rings (SSSR count). The summed E-state index contributed by atoms with van der Waals surface area (Å²) >= 11 is 0. The molecule has 0 bridgehead atoms. The van der Waals surface area contributed by atoms with Gasteiger partial charge in [-0.1, -0.05) is 24.3 Å². The lowest BCUT2D eigenvalue weighted by Gasteiger charge is -2.09. The minimum Gasteiger partial charge on any atom is -0.368 e. The Morgan fingerprint density at radius 2 is 1.95 bits per heavy atom.